The van der Waals surface area contributed by atoms with Crippen molar-refractivity contribution in [1.29, 1.82) is 0 Å². The van der Waals surface area contributed by atoms with Crippen molar-refractivity contribution < 1.29 is 18.7 Å². The largest absolute Gasteiger partial charge is 0.481 e. The van der Waals surface area contributed by atoms with E-state index in [1.165, 1.54) is 16.9 Å². The van der Waals surface area contributed by atoms with Crippen LogP contribution in [0.2, 0.25) is 0 Å². The maximum Gasteiger partial charge on any atom is 0.278 e. The van der Waals surface area contributed by atoms with Gasteiger partial charge in [0.1, 0.15) is 23.0 Å². The predicted octanol–water partition coefficient (Wildman–Crippen LogP) is 4.35. The van der Waals surface area contributed by atoms with Crippen LogP contribution in [0.5, 0.6) is 5.88 Å². The predicted molar refractivity (Wildman–Crippen MR) is 222 cm³/mol. The molecule has 3 aromatic heterocycles. The number of methoxy groups -OCH3 is 1. The second-order valence-electron chi connectivity index (χ2n) is 15.2. The number of hydrogen-bond donors (Lipinski definition) is 3. The Balaban J connectivity index is 0.829. The molecule has 0 bridgehead atoms. The second-order valence-corrected chi connectivity index (χ2v) is 15.2. The fraction of sp³-hybridized carbons (Fsp3) is 0.381. The number of piperazine rings is 1. The van der Waals surface area contributed by atoms with Crippen LogP contribution in [0.25, 0.3) is 16.9 Å². The maximum absolute atomic E-state index is 15.3. The van der Waals surface area contributed by atoms with E-state index >= 15 is 4.39 Å². The molecule has 6 heterocycles. The van der Waals surface area contributed by atoms with Crippen LogP contribution in [0, 0.1) is 11.7 Å². The van der Waals surface area contributed by atoms with Crippen LogP contribution in [0.15, 0.2) is 84.3 Å². The molecule has 1 unspecified atom stereocenters. The zero-order valence-electron chi connectivity index (χ0n) is 32.6. The summed E-state index contributed by atoms with van der Waals surface area (Å²) in [5.74, 6) is 1.41. The van der Waals surface area contributed by atoms with Gasteiger partial charge in [-0.1, -0.05) is 12.1 Å². The van der Waals surface area contributed by atoms with Crippen LogP contribution < -0.4 is 36.0 Å². The third-order valence-electron chi connectivity index (χ3n) is 11.4. The van der Waals surface area contributed by atoms with Gasteiger partial charge < -0.3 is 35.3 Å². The highest BCUT2D eigenvalue weighted by Gasteiger charge is 2.35. The van der Waals surface area contributed by atoms with Gasteiger partial charge in [0.05, 0.1) is 19.3 Å². The maximum atomic E-state index is 15.3. The molecule has 2 aromatic carbocycles. The Hall–Kier alpha value is -6.29. The van der Waals surface area contributed by atoms with Crippen LogP contribution in [-0.4, -0.2) is 106 Å². The minimum absolute atomic E-state index is 0.0808. The van der Waals surface area contributed by atoms with Gasteiger partial charge in [-0.15, -0.1) is 6.58 Å². The number of allylic oxidation sites excluding steroid dienone is 1. The molecule has 3 N–H and O–H groups in total. The van der Waals surface area contributed by atoms with Gasteiger partial charge in [-0.25, -0.2) is 18.7 Å². The Kier molecular flexibility index (Phi) is 11.1. The first kappa shape index (κ1) is 38.6. The minimum atomic E-state index is -0.921. The van der Waals surface area contributed by atoms with Gasteiger partial charge in [0, 0.05) is 88.1 Å². The third kappa shape index (κ3) is 8.09. The highest BCUT2D eigenvalue weighted by molar-refractivity contribution is 5.82. The van der Waals surface area contributed by atoms with Crippen LogP contribution >= 0.6 is 0 Å². The van der Waals surface area contributed by atoms with E-state index in [4.69, 9.17) is 9.72 Å². The van der Waals surface area contributed by atoms with Crippen molar-refractivity contribution >= 4 is 51.9 Å². The lowest BCUT2D eigenvalue weighted by molar-refractivity contribution is -0.124. The van der Waals surface area contributed by atoms with Crippen molar-refractivity contribution in [3.05, 3.63) is 95.7 Å². The first-order valence-corrected chi connectivity index (χ1v) is 19.8. The molecular weight excluding hydrogens is 742 g/mol. The summed E-state index contributed by atoms with van der Waals surface area (Å²) in [7, 11) is 1.54. The molecule has 3 aliphatic heterocycles. The molecule has 1 amide bonds. The van der Waals surface area contributed by atoms with Crippen molar-refractivity contribution in [1.82, 2.24) is 34.5 Å². The monoisotopic (exact) mass is 789 g/mol. The Morgan fingerprint density at radius 3 is 2.45 bits per heavy atom. The van der Waals surface area contributed by atoms with E-state index in [0.29, 0.717) is 52.4 Å². The van der Waals surface area contributed by atoms with Gasteiger partial charge in [0.2, 0.25) is 17.7 Å². The van der Waals surface area contributed by atoms with E-state index in [9.17, 15) is 14.4 Å². The number of pyridine rings is 1. The number of nitrogens with zero attached hydrogens (tertiary/aromatic N) is 8. The summed E-state index contributed by atoms with van der Waals surface area (Å²) in [6, 6.07) is 18.6. The van der Waals surface area contributed by atoms with E-state index in [2.05, 4.69) is 59.3 Å². The summed E-state index contributed by atoms with van der Waals surface area (Å²) >= 11 is 0. The normalized spacial score (nSPS) is 19.2. The fourth-order valence-electron chi connectivity index (χ4n) is 8.17. The van der Waals surface area contributed by atoms with Crippen LogP contribution in [-0.2, 0) is 16.1 Å². The fourth-order valence-corrected chi connectivity index (χ4v) is 8.17. The summed E-state index contributed by atoms with van der Waals surface area (Å²) in [5.41, 5.74) is 2.33. The molecule has 3 saturated heterocycles. The molecule has 15 nitrogen and oxygen atoms in total. The molecule has 16 heteroatoms. The Morgan fingerprint density at radius 2 is 1.76 bits per heavy atom. The lowest BCUT2D eigenvalue weighted by Crippen LogP contribution is -2.54. The van der Waals surface area contributed by atoms with Crippen LogP contribution in [0.3, 0.4) is 0 Å². The number of anilines is 5. The minimum Gasteiger partial charge on any atom is -0.481 e. The molecule has 5 aromatic rings. The van der Waals surface area contributed by atoms with E-state index < -0.39 is 5.54 Å². The molecule has 0 spiro atoms. The first-order chi connectivity index (χ1) is 28.2. The average Bonchev–Trinajstić information content (AvgIpc) is 3.52. The Labute approximate surface area is 335 Å². The van der Waals surface area contributed by atoms with Crippen molar-refractivity contribution in [2.24, 2.45) is 5.92 Å². The number of halogens is 1. The van der Waals surface area contributed by atoms with Crippen molar-refractivity contribution in [3.63, 3.8) is 0 Å². The van der Waals surface area contributed by atoms with E-state index in [0.717, 1.165) is 76.3 Å². The highest BCUT2D eigenvalue weighted by Crippen LogP contribution is 2.31. The second kappa shape index (κ2) is 16.7. The van der Waals surface area contributed by atoms with E-state index in [-0.39, 0.29) is 36.8 Å². The number of benzene rings is 2. The molecular formula is C42H48FN11O4. The molecule has 3 fully saturated rings. The number of fused-ring (bicyclic) bond motifs is 1. The summed E-state index contributed by atoms with van der Waals surface area (Å²) in [5, 5.41) is 9.55. The van der Waals surface area contributed by atoms with Gasteiger partial charge in [0.15, 0.2) is 11.5 Å². The van der Waals surface area contributed by atoms with Gasteiger partial charge in [-0.3, -0.25) is 14.5 Å². The molecule has 0 aliphatic carbocycles. The van der Waals surface area contributed by atoms with Gasteiger partial charge >= 0.3 is 0 Å². The molecule has 8 rings (SSSR count). The Morgan fingerprint density at radius 1 is 0.983 bits per heavy atom. The number of carbonyl (C=O) groups is 2. The zero-order valence-corrected chi connectivity index (χ0v) is 32.6. The number of nitrogens with one attached hydrogen (secondary N) is 3. The van der Waals surface area contributed by atoms with Crippen molar-refractivity contribution in [2.45, 2.75) is 37.8 Å². The number of hydrogen-bond acceptors (Lipinski definition) is 12. The molecule has 3 aliphatic rings. The zero-order chi connectivity index (χ0) is 40.2. The van der Waals surface area contributed by atoms with E-state index in [1.807, 2.05) is 24.3 Å². The highest BCUT2D eigenvalue weighted by atomic mass is 19.1. The van der Waals surface area contributed by atoms with Crippen molar-refractivity contribution in [2.75, 3.05) is 79.9 Å². The summed E-state index contributed by atoms with van der Waals surface area (Å²) < 4.78 is 23.8. The van der Waals surface area contributed by atoms with Gasteiger partial charge in [-0.05, 0) is 73.7 Å². The number of ether oxygens (including phenoxy) is 1. The number of aromatic nitrogens is 5. The SMILES string of the molecule is C=CCn1c(=O)c2cnc(Nc3ccc(N4CCN(CC5CCN(c6ccc(NC7(C=O)CCC(=O)NC7)cc6F)CC5)CC4)cc3)nc2n1-c1cccc(OC)n1. The lowest BCUT2D eigenvalue weighted by atomic mass is 9.91. The number of piperidine rings is 2. The molecule has 0 radical (unpaired) electrons. The average molecular weight is 790 g/mol. The van der Waals surface area contributed by atoms with Gasteiger partial charge in [0.25, 0.3) is 5.56 Å². The first-order valence-electron chi connectivity index (χ1n) is 19.8. The van der Waals surface area contributed by atoms with E-state index in [1.54, 1.807) is 36.1 Å². The summed E-state index contributed by atoms with van der Waals surface area (Å²) in [4.78, 5) is 57.5. The summed E-state index contributed by atoms with van der Waals surface area (Å²) in [6.45, 7) is 10.7. The number of amides is 1. The van der Waals surface area contributed by atoms with Gasteiger partial charge in [-0.2, -0.15) is 9.97 Å². The van der Waals surface area contributed by atoms with Crippen molar-refractivity contribution in [3.8, 4) is 11.7 Å². The Bertz CT molecular complexity index is 2340. The van der Waals surface area contributed by atoms with Crippen LogP contribution in [0.1, 0.15) is 25.7 Å². The van der Waals surface area contributed by atoms with Crippen LogP contribution in [0.4, 0.5) is 33.1 Å². The smallest absolute Gasteiger partial charge is 0.278 e. The molecule has 1 atom stereocenters. The molecule has 58 heavy (non-hydrogen) atoms. The standard InChI is InChI=1S/C42H48FN11O4/c1-3-17-53-40(57)33-25-44-41(48-39(33)54(53)36-5-4-6-38(47-36)58-2)46-30-7-10-32(11-8-30)51-22-20-50(21-23-51)26-29-14-18-52(19-15-29)35-12-9-31(24-34(35)43)49-42(28-55)16-13-37(56)45-27-42/h3-12,24-25,28-29,49H,1,13-23,26-27H2,2H3,(H,45,56)(H,44,46,48). The molecule has 0 saturated carbocycles. The molecule has 302 valence electrons. The summed E-state index contributed by atoms with van der Waals surface area (Å²) in [6.07, 6.45) is 6.62. The number of carbonyl (C=O) groups excluding carboxylic acids is 2. The third-order valence-corrected chi connectivity index (χ3v) is 11.4. The number of rotatable bonds is 13. The lowest BCUT2D eigenvalue weighted by Gasteiger charge is -2.40. The number of aldehydes is 1. The topological polar surface area (TPSA) is 155 Å². The quantitative estimate of drug-likeness (QED) is 0.115.